The van der Waals surface area contributed by atoms with Crippen LogP contribution in [-0.2, 0) is 22.5 Å². The first-order valence-electron chi connectivity index (χ1n) is 3.29. The van der Waals surface area contributed by atoms with Gasteiger partial charge in [-0.05, 0) is 6.92 Å². The SMILES string of the molecule is CCOP(=O)(O)O.O=P(O)(O)OP(=O)(O)O. The number of hydrogen-bond acceptors (Lipinski definition) is 5. The van der Waals surface area contributed by atoms with Crippen LogP contribution in [0.3, 0.4) is 0 Å². The van der Waals surface area contributed by atoms with Crippen molar-refractivity contribution in [2.24, 2.45) is 0 Å². The molecule has 100 valence electrons. The summed E-state index contributed by atoms with van der Waals surface area (Å²) in [7, 11) is -14.3. The summed E-state index contributed by atoms with van der Waals surface area (Å²) in [5, 5.41) is 0. The molecule has 0 bridgehead atoms. The van der Waals surface area contributed by atoms with Gasteiger partial charge in [-0.3, -0.25) is 4.52 Å². The lowest BCUT2D eigenvalue weighted by atomic mass is 10.9. The summed E-state index contributed by atoms with van der Waals surface area (Å²) in [5.41, 5.74) is 0. The lowest BCUT2D eigenvalue weighted by Gasteiger charge is -2.03. The largest absolute Gasteiger partial charge is 0.478 e. The normalized spacial score (nSPS) is 12.9. The van der Waals surface area contributed by atoms with E-state index in [2.05, 4.69) is 8.83 Å². The van der Waals surface area contributed by atoms with Gasteiger partial charge in [-0.2, -0.15) is 4.31 Å². The Kier molecular flexibility index (Phi) is 8.13. The van der Waals surface area contributed by atoms with Crippen LogP contribution in [0, 0.1) is 0 Å². The summed E-state index contributed by atoms with van der Waals surface area (Å²) in [6, 6.07) is 0. The molecule has 0 aromatic rings. The Labute approximate surface area is 89.8 Å². The lowest BCUT2D eigenvalue weighted by Crippen LogP contribution is -1.84. The van der Waals surface area contributed by atoms with E-state index in [-0.39, 0.29) is 6.61 Å². The zero-order chi connectivity index (χ0) is 13.6. The van der Waals surface area contributed by atoms with Crippen molar-refractivity contribution in [2.75, 3.05) is 6.61 Å². The van der Waals surface area contributed by atoms with Crippen LogP contribution in [0.25, 0.3) is 0 Å². The molecule has 11 nitrogen and oxygen atoms in total. The monoisotopic (exact) mass is 304 g/mol. The Balaban J connectivity index is 0. The first kappa shape index (κ1) is 18.7. The van der Waals surface area contributed by atoms with Crippen molar-refractivity contribution >= 4 is 23.5 Å². The molecular formula is C2H11O11P3. The van der Waals surface area contributed by atoms with Gasteiger partial charge >= 0.3 is 23.5 Å². The Morgan fingerprint density at radius 2 is 1.12 bits per heavy atom. The van der Waals surface area contributed by atoms with Gasteiger partial charge in [0.05, 0.1) is 6.61 Å². The molecule has 14 heteroatoms. The Hall–Kier alpha value is 0.370. The average Bonchev–Trinajstić information content (AvgIpc) is 1.73. The molecule has 0 fully saturated rings. The molecule has 16 heavy (non-hydrogen) atoms. The molecule has 0 atom stereocenters. The molecule has 0 rings (SSSR count). The molecule has 0 saturated carbocycles. The third-order valence-electron chi connectivity index (χ3n) is 0.510. The van der Waals surface area contributed by atoms with E-state index in [4.69, 9.17) is 29.4 Å². The molecule has 0 aliphatic carbocycles. The van der Waals surface area contributed by atoms with Crippen LogP contribution in [0.1, 0.15) is 6.92 Å². The minimum absolute atomic E-state index is 0.0459. The summed E-state index contributed by atoms with van der Waals surface area (Å²) < 4.78 is 35.8. The molecule has 0 aliphatic rings. The maximum atomic E-state index is 9.70. The first-order chi connectivity index (χ1) is 6.77. The second kappa shape index (κ2) is 6.95. The van der Waals surface area contributed by atoms with E-state index in [1.807, 2.05) is 0 Å². The van der Waals surface area contributed by atoms with E-state index in [9.17, 15) is 13.7 Å². The van der Waals surface area contributed by atoms with Crippen molar-refractivity contribution in [3.63, 3.8) is 0 Å². The highest BCUT2D eigenvalue weighted by molar-refractivity contribution is 7.60. The predicted molar refractivity (Wildman–Crippen MR) is 48.8 cm³/mol. The van der Waals surface area contributed by atoms with E-state index in [0.29, 0.717) is 0 Å². The van der Waals surface area contributed by atoms with Gasteiger partial charge in [-0.25, -0.2) is 13.7 Å². The molecule has 0 radical (unpaired) electrons. The van der Waals surface area contributed by atoms with Gasteiger partial charge in [0.1, 0.15) is 0 Å². The van der Waals surface area contributed by atoms with Crippen molar-refractivity contribution in [3.8, 4) is 0 Å². The second-order valence-corrected chi connectivity index (χ2v) is 5.83. The highest BCUT2D eigenvalue weighted by atomic mass is 31.3. The third-order valence-corrected chi connectivity index (χ3v) is 2.81. The number of hydrogen-bond donors (Lipinski definition) is 6. The van der Waals surface area contributed by atoms with Crippen molar-refractivity contribution in [3.05, 3.63) is 0 Å². The number of phosphoric acid groups is 3. The molecule has 0 aromatic heterocycles. The van der Waals surface area contributed by atoms with Gasteiger partial charge in [-0.1, -0.05) is 0 Å². The topological polar surface area (TPSA) is 191 Å². The molecule has 0 aromatic carbocycles. The van der Waals surface area contributed by atoms with Crippen LogP contribution >= 0.6 is 23.5 Å². The smallest absolute Gasteiger partial charge is 0.303 e. The number of rotatable bonds is 4. The summed E-state index contributed by atoms with van der Waals surface area (Å²) in [4.78, 5) is 46.8. The highest BCUT2D eigenvalue weighted by Crippen LogP contribution is 2.53. The second-order valence-electron chi connectivity index (χ2n) is 1.97. The lowest BCUT2D eigenvalue weighted by molar-refractivity contribution is 0.206. The van der Waals surface area contributed by atoms with Crippen molar-refractivity contribution in [2.45, 2.75) is 6.92 Å². The van der Waals surface area contributed by atoms with Crippen molar-refractivity contribution in [1.82, 2.24) is 0 Å². The van der Waals surface area contributed by atoms with E-state index in [0.717, 1.165) is 0 Å². The Bertz CT molecular complexity index is 296. The molecular weight excluding hydrogens is 293 g/mol. The quantitative estimate of drug-likeness (QED) is 0.360. The highest BCUT2D eigenvalue weighted by Gasteiger charge is 2.27. The molecule has 0 aliphatic heterocycles. The average molecular weight is 304 g/mol. The fourth-order valence-electron chi connectivity index (χ4n) is 0.307. The predicted octanol–water partition coefficient (Wildman–Crippen LogP) is -0.696. The van der Waals surface area contributed by atoms with Gasteiger partial charge in [0.25, 0.3) is 0 Å². The zero-order valence-electron chi connectivity index (χ0n) is 7.77. The molecule has 0 unspecified atom stereocenters. The molecule has 0 saturated heterocycles. The van der Waals surface area contributed by atoms with Gasteiger partial charge in [0, 0.05) is 0 Å². The minimum atomic E-state index is -5.05. The maximum Gasteiger partial charge on any atom is 0.478 e. The molecule has 0 heterocycles. The van der Waals surface area contributed by atoms with Crippen molar-refractivity contribution in [1.29, 1.82) is 0 Å². The Morgan fingerprint density at radius 1 is 0.812 bits per heavy atom. The van der Waals surface area contributed by atoms with Gasteiger partial charge < -0.3 is 29.4 Å². The van der Waals surface area contributed by atoms with Gasteiger partial charge in [0.2, 0.25) is 0 Å². The van der Waals surface area contributed by atoms with Gasteiger partial charge in [0.15, 0.2) is 0 Å². The van der Waals surface area contributed by atoms with Crippen LogP contribution in [0.5, 0.6) is 0 Å². The third kappa shape index (κ3) is 23.9. The van der Waals surface area contributed by atoms with Crippen LogP contribution in [0.2, 0.25) is 0 Å². The minimum Gasteiger partial charge on any atom is -0.303 e. The summed E-state index contributed by atoms with van der Waals surface area (Å²) in [6.07, 6.45) is 0. The zero-order valence-corrected chi connectivity index (χ0v) is 10.5. The molecule has 0 amide bonds. The summed E-state index contributed by atoms with van der Waals surface area (Å²) >= 11 is 0. The fourth-order valence-corrected chi connectivity index (χ4v) is 1.75. The van der Waals surface area contributed by atoms with E-state index in [1.54, 1.807) is 0 Å². The van der Waals surface area contributed by atoms with Crippen LogP contribution in [-0.4, -0.2) is 36.0 Å². The fraction of sp³-hybridized carbons (Fsp3) is 1.00. The van der Waals surface area contributed by atoms with Crippen LogP contribution < -0.4 is 0 Å². The molecule has 6 N–H and O–H groups in total. The van der Waals surface area contributed by atoms with E-state index < -0.39 is 23.5 Å². The van der Waals surface area contributed by atoms with E-state index in [1.165, 1.54) is 6.92 Å². The van der Waals surface area contributed by atoms with E-state index >= 15 is 0 Å². The van der Waals surface area contributed by atoms with Crippen LogP contribution in [0.4, 0.5) is 0 Å². The van der Waals surface area contributed by atoms with Gasteiger partial charge in [-0.15, -0.1) is 0 Å². The first-order valence-corrected chi connectivity index (χ1v) is 7.88. The van der Waals surface area contributed by atoms with Crippen molar-refractivity contribution < 1.29 is 51.9 Å². The Morgan fingerprint density at radius 3 is 1.12 bits per heavy atom. The summed E-state index contributed by atoms with van der Waals surface area (Å²) in [6.45, 7) is 1.56. The maximum absolute atomic E-state index is 9.70. The number of phosphoric ester groups is 1. The standard InChI is InChI=1S/C2H7O4P.H4O7P2/c1-2-6-7(3,4)5;1-8(2,3)7-9(4,5)6/h2H2,1H3,(H2,3,4,5);(H2,1,2,3)(H2,4,5,6). The summed E-state index contributed by atoms with van der Waals surface area (Å²) in [5.74, 6) is 0. The molecule has 0 spiro atoms. The van der Waals surface area contributed by atoms with Crippen LogP contribution in [0.15, 0.2) is 0 Å².